The first-order valence-electron chi connectivity index (χ1n) is 8.27. The van der Waals surface area contributed by atoms with Gasteiger partial charge < -0.3 is 24.1 Å². The van der Waals surface area contributed by atoms with Crippen LogP contribution in [-0.2, 0) is 16.1 Å². The lowest BCUT2D eigenvalue weighted by Gasteiger charge is -2.12. The average molecular weight is 360 g/mol. The van der Waals surface area contributed by atoms with E-state index in [0.29, 0.717) is 22.7 Å². The van der Waals surface area contributed by atoms with Crippen molar-refractivity contribution in [2.75, 3.05) is 26.1 Å². The maximum atomic E-state index is 12.3. The first kappa shape index (κ1) is 19.4. The summed E-state index contributed by atoms with van der Waals surface area (Å²) in [7, 11) is 3.03. The molecule has 0 atom stereocenters. The van der Waals surface area contributed by atoms with Gasteiger partial charge in [0.15, 0.2) is 6.61 Å². The lowest BCUT2D eigenvalue weighted by molar-refractivity contribution is -0.119. The number of hydrogen-bond acceptors (Lipinski definition) is 5. The van der Waals surface area contributed by atoms with Crippen LogP contribution in [0.4, 0.5) is 5.69 Å². The van der Waals surface area contributed by atoms with Crippen LogP contribution in [0.1, 0.15) is 28.7 Å². The fourth-order valence-corrected chi connectivity index (χ4v) is 2.80. The molecule has 7 nitrogen and oxygen atoms in total. The normalized spacial score (nSPS) is 10.3. The number of amides is 1. The van der Waals surface area contributed by atoms with Crippen molar-refractivity contribution >= 4 is 17.6 Å². The van der Waals surface area contributed by atoms with E-state index in [2.05, 4.69) is 5.32 Å². The quantitative estimate of drug-likeness (QED) is 0.768. The predicted octanol–water partition coefficient (Wildman–Crippen LogP) is 2.94. The largest absolute Gasteiger partial charge is 0.497 e. The number of aromatic nitrogens is 1. The number of methoxy groups -OCH3 is 2. The average Bonchev–Trinajstić information content (AvgIpc) is 2.93. The molecule has 140 valence electrons. The zero-order chi connectivity index (χ0) is 19.3. The maximum Gasteiger partial charge on any atom is 0.340 e. The lowest BCUT2D eigenvalue weighted by atomic mass is 10.2. The molecular weight excluding hydrogens is 336 g/mol. The smallest absolute Gasteiger partial charge is 0.340 e. The monoisotopic (exact) mass is 360 g/mol. The molecule has 0 aliphatic rings. The van der Waals surface area contributed by atoms with E-state index in [1.807, 2.05) is 25.3 Å². The molecule has 0 saturated heterocycles. The molecule has 1 N–H and O–H groups in total. The van der Waals surface area contributed by atoms with E-state index in [1.165, 1.54) is 14.2 Å². The molecule has 0 fully saturated rings. The van der Waals surface area contributed by atoms with E-state index in [-0.39, 0.29) is 0 Å². The minimum Gasteiger partial charge on any atom is -0.497 e. The van der Waals surface area contributed by atoms with Crippen LogP contribution >= 0.6 is 0 Å². The Bertz CT molecular complexity index is 811. The van der Waals surface area contributed by atoms with Gasteiger partial charge in [0, 0.05) is 24.0 Å². The van der Waals surface area contributed by atoms with Crippen molar-refractivity contribution in [1.29, 1.82) is 0 Å². The summed E-state index contributed by atoms with van der Waals surface area (Å²) < 4.78 is 17.5. The summed E-state index contributed by atoms with van der Waals surface area (Å²) in [6.45, 7) is 6.16. The van der Waals surface area contributed by atoms with Gasteiger partial charge in [-0.25, -0.2) is 4.79 Å². The van der Waals surface area contributed by atoms with Gasteiger partial charge in [-0.1, -0.05) is 0 Å². The summed E-state index contributed by atoms with van der Waals surface area (Å²) in [5.41, 5.74) is 2.71. The third kappa shape index (κ3) is 4.17. The van der Waals surface area contributed by atoms with Crippen LogP contribution < -0.4 is 14.8 Å². The van der Waals surface area contributed by atoms with Crippen LogP contribution in [-0.4, -0.2) is 37.3 Å². The highest BCUT2D eigenvalue weighted by Gasteiger charge is 2.18. The molecule has 0 spiro atoms. The van der Waals surface area contributed by atoms with E-state index in [1.54, 1.807) is 24.3 Å². The van der Waals surface area contributed by atoms with Crippen LogP contribution in [0.5, 0.6) is 11.5 Å². The van der Waals surface area contributed by atoms with Crippen molar-refractivity contribution < 1.29 is 23.8 Å². The molecule has 7 heteroatoms. The van der Waals surface area contributed by atoms with Crippen LogP contribution in [0.25, 0.3) is 0 Å². The molecule has 1 aromatic carbocycles. The van der Waals surface area contributed by atoms with Crippen molar-refractivity contribution in [3.63, 3.8) is 0 Å². The third-order valence-electron chi connectivity index (χ3n) is 4.12. The number of hydrogen-bond donors (Lipinski definition) is 1. The number of rotatable bonds is 7. The molecule has 0 aliphatic carbocycles. The highest BCUT2D eigenvalue weighted by molar-refractivity contribution is 5.97. The van der Waals surface area contributed by atoms with Gasteiger partial charge in [0.2, 0.25) is 0 Å². The standard InChI is InChI=1S/C19H24N2O5/c1-6-21-12(2)9-15(13(21)3)19(23)26-11-18(22)20-16-10-14(24-4)7-8-17(16)25-5/h7-10H,6,11H2,1-5H3,(H,20,22). The number of benzene rings is 1. The molecule has 1 heterocycles. The van der Waals surface area contributed by atoms with Gasteiger partial charge in [0.25, 0.3) is 5.91 Å². The molecular formula is C19H24N2O5. The second-order valence-corrected chi connectivity index (χ2v) is 5.72. The lowest BCUT2D eigenvalue weighted by Crippen LogP contribution is -2.21. The minimum absolute atomic E-state index is 0.394. The number of anilines is 1. The summed E-state index contributed by atoms with van der Waals surface area (Å²) >= 11 is 0. The Hall–Kier alpha value is -2.96. The molecule has 0 bridgehead atoms. The number of carbonyl (C=O) groups excluding carboxylic acids is 2. The number of ether oxygens (including phenoxy) is 3. The number of carbonyl (C=O) groups is 2. The fraction of sp³-hybridized carbons (Fsp3) is 0.368. The minimum atomic E-state index is -0.523. The van der Waals surface area contributed by atoms with Crippen molar-refractivity contribution in [1.82, 2.24) is 4.57 Å². The van der Waals surface area contributed by atoms with E-state index < -0.39 is 18.5 Å². The van der Waals surface area contributed by atoms with Gasteiger partial charge >= 0.3 is 5.97 Å². The zero-order valence-corrected chi connectivity index (χ0v) is 15.7. The van der Waals surface area contributed by atoms with Crippen LogP contribution in [0, 0.1) is 13.8 Å². The van der Waals surface area contributed by atoms with Gasteiger partial charge in [-0.3, -0.25) is 4.79 Å². The summed E-state index contributed by atoms with van der Waals surface area (Å²) in [5, 5.41) is 2.66. The maximum absolute atomic E-state index is 12.3. The summed E-state index contributed by atoms with van der Waals surface area (Å²) in [6, 6.07) is 6.80. The molecule has 0 radical (unpaired) electrons. The number of nitrogens with one attached hydrogen (secondary N) is 1. The Morgan fingerprint density at radius 1 is 1.12 bits per heavy atom. The first-order valence-corrected chi connectivity index (χ1v) is 8.27. The van der Waals surface area contributed by atoms with Gasteiger partial charge in [-0.05, 0) is 39.0 Å². The summed E-state index contributed by atoms with van der Waals surface area (Å²) in [4.78, 5) is 24.4. The van der Waals surface area contributed by atoms with Gasteiger partial charge in [0.1, 0.15) is 11.5 Å². The highest BCUT2D eigenvalue weighted by atomic mass is 16.5. The molecule has 0 saturated carbocycles. The van der Waals surface area contributed by atoms with E-state index in [4.69, 9.17) is 14.2 Å². The molecule has 26 heavy (non-hydrogen) atoms. The van der Waals surface area contributed by atoms with Crippen molar-refractivity contribution in [3.05, 3.63) is 41.2 Å². The Balaban J connectivity index is 2.02. The van der Waals surface area contributed by atoms with Crippen molar-refractivity contribution in [2.24, 2.45) is 0 Å². The third-order valence-corrected chi connectivity index (χ3v) is 4.12. The first-order chi connectivity index (χ1) is 12.4. The van der Waals surface area contributed by atoms with E-state index >= 15 is 0 Å². The second kappa shape index (κ2) is 8.42. The number of aryl methyl sites for hydroxylation is 1. The Morgan fingerprint density at radius 2 is 1.85 bits per heavy atom. The molecule has 2 aromatic rings. The molecule has 0 aliphatic heterocycles. The van der Waals surface area contributed by atoms with Gasteiger partial charge in [0.05, 0.1) is 25.5 Å². The van der Waals surface area contributed by atoms with Gasteiger partial charge in [-0.15, -0.1) is 0 Å². The zero-order valence-electron chi connectivity index (χ0n) is 15.7. The van der Waals surface area contributed by atoms with Crippen LogP contribution in [0.15, 0.2) is 24.3 Å². The fourth-order valence-electron chi connectivity index (χ4n) is 2.80. The van der Waals surface area contributed by atoms with Crippen molar-refractivity contribution in [3.8, 4) is 11.5 Å². The molecule has 1 amide bonds. The van der Waals surface area contributed by atoms with Crippen LogP contribution in [0.2, 0.25) is 0 Å². The summed E-state index contributed by atoms with van der Waals surface area (Å²) in [6.07, 6.45) is 0. The Morgan fingerprint density at radius 3 is 2.42 bits per heavy atom. The van der Waals surface area contributed by atoms with E-state index in [0.717, 1.165) is 17.9 Å². The Labute approximate surface area is 152 Å². The van der Waals surface area contributed by atoms with Gasteiger partial charge in [-0.2, -0.15) is 0 Å². The SMILES string of the molecule is CCn1c(C)cc(C(=O)OCC(=O)Nc2cc(OC)ccc2OC)c1C. The molecule has 1 aromatic heterocycles. The predicted molar refractivity (Wildman–Crippen MR) is 98.0 cm³/mol. The number of esters is 1. The molecule has 2 rings (SSSR count). The number of nitrogens with zero attached hydrogens (tertiary/aromatic N) is 1. The topological polar surface area (TPSA) is 78.8 Å². The molecule has 0 unspecified atom stereocenters. The summed E-state index contributed by atoms with van der Waals surface area (Å²) in [5.74, 6) is 0.0711. The van der Waals surface area contributed by atoms with Crippen molar-refractivity contribution in [2.45, 2.75) is 27.3 Å². The second-order valence-electron chi connectivity index (χ2n) is 5.72. The van der Waals surface area contributed by atoms with E-state index in [9.17, 15) is 9.59 Å². The van der Waals surface area contributed by atoms with Crippen LogP contribution in [0.3, 0.4) is 0 Å². The Kier molecular flexibility index (Phi) is 6.27. The highest BCUT2D eigenvalue weighted by Crippen LogP contribution is 2.28.